The van der Waals surface area contributed by atoms with Crippen LogP contribution in [-0.4, -0.2) is 42.6 Å². The second kappa shape index (κ2) is 10.7. The molecule has 1 saturated heterocycles. The topological polar surface area (TPSA) is 97.2 Å². The van der Waals surface area contributed by atoms with E-state index in [0.717, 1.165) is 25.9 Å². The number of benzene rings is 1. The fraction of sp³-hybridized carbons (Fsp3) is 0.192. The lowest BCUT2D eigenvalue weighted by Gasteiger charge is -2.19. The largest absolute Gasteiger partial charge is 0.456 e. The molecule has 1 aromatic carbocycles. The van der Waals surface area contributed by atoms with Crippen molar-refractivity contribution in [2.24, 2.45) is 7.05 Å². The summed E-state index contributed by atoms with van der Waals surface area (Å²) in [5, 5.41) is 6.76. The van der Waals surface area contributed by atoms with Crippen LogP contribution in [0.2, 0.25) is 0 Å². The second-order valence-corrected chi connectivity index (χ2v) is 8.86. The van der Waals surface area contributed by atoms with Gasteiger partial charge in [-0.1, -0.05) is 6.07 Å². The summed E-state index contributed by atoms with van der Waals surface area (Å²) in [5.74, 6) is 1.56. The number of hydrogen-bond donors (Lipinski definition) is 2. The van der Waals surface area contributed by atoms with Gasteiger partial charge >= 0.3 is 0 Å². The minimum Gasteiger partial charge on any atom is -0.456 e. The maximum atomic E-state index is 13.5. The van der Waals surface area contributed by atoms with E-state index < -0.39 is 0 Å². The summed E-state index contributed by atoms with van der Waals surface area (Å²) >= 11 is 5.47. The zero-order chi connectivity index (χ0) is 25.8. The number of rotatable bonds is 6. The van der Waals surface area contributed by atoms with Crippen LogP contribution in [0, 0.1) is 5.82 Å². The highest BCUT2D eigenvalue weighted by atomic mass is 32.1. The van der Waals surface area contributed by atoms with Crippen molar-refractivity contribution in [1.29, 1.82) is 0 Å². The van der Waals surface area contributed by atoms with Crippen LogP contribution in [0.4, 0.5) is 21.8 Å². The van der Waals surface area contributed by atoms with E-state index in [2.05, 4.69) is 30.5 Å². The predicted molar refractivity (Wildman–Crippen MR) is 144 cm³/mol. The molecule has 4 heterocycles. The van der Waals surface area contributed by atoms with Gasteiger partial charge in [0.05, 0.1) is 17.5 Å². The summed E-state index contributed by atoms with van der Waals surface area (Å²) in [6.07, 6.45) is 6.90. The number of halogens is 1. The number of hydrogen-bond acceptors (Lipinski definition) is 7. The number of likely N-dealkylation sites (tertiary alicyclic amines) is 1. The number of ether oxygens (including phenoxy) is 1. The zero-order valence-electron chi connectivity index (χ0n) is 20.0. The Morgan fingerprint density at radius 2 is 1.86 bits per heavy atom. The normalized spacial score (nSPS) is 12.9. The zero-order valence-corrected chi connectivity index (χ0v) is 20.8. The lowest BCUT2D eigenvalue weighted by Crippen LogP contribution is -2.32. The Balaban J connectivity index is 1.28. The van der Waals surface area contributed by atoms with Crippen molar-refractivity contribution in [3.63, 3.8) is 0 Å². The first kappa shape index (κ1) is 24.3. The van der Waals surface area contributed by atoms with E-state index in [9.17, 15) is 9.18 Å². The molecule has 0 amide bonds. The molecule has 9 nitrogen and oxygen atoms in total. The molecule has 0 unspecified atom stereocenters. The predicted octanol–water partition coefficient (Wildman–Crippen LogP) is 4.70. The molecule has 2 N–H and O–H groups in total. The molecule has 0 aliphatic carbocycles. The first-order valence-electron chi connectivity index (χ1n) is 11.7. The van der Waals surface area contributed by atoms with Gasteiger partial charge in [0.25, 0.3) is 5.56 Å². The van der Waals surface area contributed by atoms with Crippen LogP contribution >= 0.6 is 12.2 Å². The van der Waals surface area contributed by atoms with Gasteiger partial charge in [0.15, 0.2) is 5.11 Å². The van der Waals surface area contributed by atoms with Crippen molar-refractivity contribution < 1.29 is 9.13 Å². The quantitative estimate of drug-likeness (QED) is 0.353. The van der Waals surface area contributed by atoms with E-state index in [-0.39, 0.29) is 17.3 Å². The van der Waals surface area contributed by atoms with Crippen LogP contribution < -0.4 is 20.9 Å². The van der Waals surface area contributed by atoms with Gasteiger partial charge in [-0.3, -0.25) is 14.3 Å². The van der Waals surface area contributed by atoms with Gasteiger partial charge in [0, 0.05) is 44.3 Å². The van der Waals surface area contributed by atoms with E-state index in [0.29, 0.717) is 39.4 Å². The smallest absolute Gasteiger partial charge is 0.264 e. The summed E-state index contributed by atoms with van der Waals surface area (Å²) < 4.78 is 20.8. The maximum Gasteiger partial charge on any atom is 0.264 e. The van der Waals surface area contributed by atoms with Crippen LogP contribution in [0.3, 0.4) is 0 Å². The average molecular weight is 518 g/mol. The SMILES string of the molecule is Cn1c(Nc2cccc(F)c2)ncc(-c2ccc(Oc3ccnc(NC(=S)N4CCCC4)c3)cn2)c1=O. The highest BCUT2D eigenvalue weighted by molar-refractivity contribution is 7.80. The van der Waals surface area contributed by atoms with Crippen molar-refractivity contribution in [3.05, 3.63) is 83.3 Å². The monoisotopic (exact) mass is 517 g/mol. The van der Waals surface area contributed by atoms with Crippen LogP contribution in [-0.2, 0) is 7.05 Å². The first-order chi connectivity index (χ1) is 18.0. The van der Waals surface area contributed by atoms with Gasteiger partial charge in [-0.05, 0) is 61.5 Å². The fourth-order valence-corrected chi connectivity index (χ4v) is 4.21. The highest BCUT2D eigenvalue weighted by Crippen LogP contribution is 2.25. The molecule has 1 aliphatic rings. The fourth-order valence-electron chi connectivity index (χ4n) is 3.92. The molecule has 0 spiro atoms. The van der Waals surface area contributed by atoms with Gasteiger partial charge < -0.3 is 20.3 Å². The molecule has 0 radical (unpaired) electrons. The number of anilines is 3. The van der Waals surface area contributed by atoms with E-state index >= 15 is 0 Å². The van der Waals surface area contributed by atoms with Crippen LogP contribution in [0.25, 0.3) is 11.3 Å². The molecule has 0 bridgehead atoms. The standard InChI is InChI=1S/C26H24FN7O2S/c1-33-24(35)21(16-30-25(33)31-18-6-4-5-17(27)13-18)22-8-7-20(15-29-22)36-19-9-10-28-23(14-19)32-26(37)34-11-2-3-12-34/h4-10,13-16H,2-3,11-12H2,1H3,(H,30,31)(H,28,32,37). The Bertz CT molecular complexity index is 1490. The minimum atomic E-state index is -0.386. The molecule has 5 rings (SSSR count). The molecule has 3 aromatic heterocycles. The van der Waals surface area contributed by atoms with Crippen molar-refractivity contribution in [1.82, 2.24) is 24.4 Å². The van der Waals surface area contributed by atoms with Crippen LogP contribution in [0.1, 0.15) is 12.8 Å². The van der Waals surface area contributed by atoms with E-state index in [4.69, 9.17) is 17.0 Å². The summed E-state index contributed by atoms with van der Waals surface area (Å²) in [4.78, 5) is 28.1. The Hall–Kier alpha value is -4.38. The lowest BCUT2D eigenvalue weighted by molar-refractivity contribution is 0.480. The number of aromatic nitrogens is 4. The molecule has 1 aliphatic heterocycles. The van der Waals surface area contributed by atoms with E-state index in [1.807, 2.05) is 0 Å². The van der Waals surface area contributed by atoms with Crippen molar-refractivity contribution >= 4 is 34.8 Å². The first-order valence-corrected chi connectivity index (χ1v) is 12.1. The number of nitrogens with zero attached hydrogens (tertiary/aromatic N) is 5. The van der Waals surface area contributed by atoms with Crippen molar-refractivity contribution in [2.75, 3.05) is 23.7 Å². The highest BCUT2D eigenvalue weighted by Gasteiger charge is 2.15. The molecule has 1 fully saturated rings. The molecule has 37 heavy (non-hydrogen) atoms. The van der Waals surface area contributed by atoms with Crippen LogP contribution in [0.15, 0.2) is 71.9 Å². The Labute approximate surface area is 218 Å². The van der Waals surface area contributed by atoms with Crippen molar-refractivity contribution in [2.45, 2.75) is 12.8 Å². The molecule has 0 saturated carbocycles. The second-order valence-electron chi connectivity index (χ2n) is 8.48. The molecule has 188 valence electrons. The van der Waals surface area contributed by atoms with Gasteiger partial charge in [0.2, 0.25) is 5.95 Å². The third-order valence-electron chi connectivity index (χ3n) is 5.86. The Kier molecular flexibility index (Phi) is 7.04. The summed E-state index contributed by atoms with van der Waals surface area (Å²) in [5.41, 5.74) is 0.964. The van der Waals surface area contributed by atoms with Crippen LogP contribution in [0.5, 0.6) is 11.5 Å². The molecular formula is C26H24FN7O2S. The molecular weight excluding hydrogens is 493 g/mol. The molecule has 4 aromatic rings. The summed E-state index contributed by atoms with van der Waals surface area (Å²) in [6.45, 7) is 1.90. The van der Waals surface area contributed by atoms with E-state index in [1.54, 1.807) is 49.6 Å². The Morgan fingerprint density at radius 1 is 1.03 bits per heavy atom. The third kappa shape index (κ3) is 5.72. The summed E-state index contributed by atoms with van der Waals surface area (Å²) in [6, 6.07) is 12.8. The average Bonchev–Trinajstić information content (AvgIpc) is 3.43. The maximum absolute atomic E-state index is 13.5. The number of nitrogens with one attached hydrogen (secondary N) is 2. The van der Waals surface area contributed by atoms with Gasteiger partial charge in [0.1, 0.15) is 23.1 Å². The van der Waals surface area contributed by atoms with Gasteiger partial charge in [-0.25, -0.2) is 14.4 Å². The van der Waals surface area contributed by atoms with E-state index in [1.165, 1.54) is 29.1 Å². The minimum absolute atomic E-state index is 0.283. The summed E-state index contributed by atoms with van der Waals surface area (Å²) in [7, 11) is 1.59. The van der Waals surface area contributed by atoms with Gasteiger partial charge in [-0.2, -0.15) is 0 Å². The molecule has 0 atom stereocenters. The molecule has 11 heteroatoms. The van der Waals surface area contributed by atoms with Gasteiger partial charge in [-0.15, -0.1) is 0 Å². The lowest BCUT2D eigenvalue weighted by atomic mass is 10.2. The Morgan fingerprint density at radius 3 is 2.62 bits per heavy atom. The number of thiocarbonyl (C=S) groups is 1. The van der Waals surface area contributed by atoms with Crippen molar-refractivity contribution in [3.8, 4) is 22.8 Å². The third-order valence-corrected chi connectivity index (χ3v) is 6.22. The number of pyridine rings is 2.